The highest BCUT2D eigenvalue weighted by Gasteiger charge is 2.28. The number of nitrogens with one attached hydrogen (secondary N) is 1. The molecule has 0 bridgehead atoms. The van der Waals surface area contributed by atoms with E-state index in [2.05, 4.69) is 10.5 Å². The molecule has 3 aromatic rings. The van der Waals surface area contributed by atoms with Gasteiger partial charge < -0.3 is 9.64 Å². The van der Waals surface area contributed by atoms with Gasteiger partial charge in [0.2, 0.25) is 0 Å². The van der Waals surface area contributed by atoms with Gasteiger partial charge in [0.15, 0.2) is 0 Å². The molecule has 1 aliphatic rings. The Morgan fingerprint density at radius 3 is 2.46 bits per heavy atom. The van der Waals surface area contributed by atoms with Crippen LogP contribution in [0.4, 0.5) is 17.1 Å². The van der Waals surface area contributed by atoms with E-state index < -0.39 is 27.4 Å². The van der Waals surface area contributed by atoms with Crippen molar-refractivity contribution in [1.29, 1.82) is 0 Å². The van der Waals surface area contributed by atoms with Crippen LogP contribution in [-0.4, -0.2) is 58.3 Å². The van der Waals surface area contributed by atoms with Crippen molar-refractivity contribution >= 4 is 39.2 Å². The van der Waals surface area contributed by atoms with Crippen LogP contribution in [0, 0.1) is 24.0 Å². The van der Waals surface area contributed by atoms with Gasteiger partial charge >= 0.3 is 0 Å². The number of hydrazone groups is 1. The van der Waals surface area contributed by atoms with Gasteiger partial charge in [-0.1, -0.05) is 35.9 Å². The van der Waals surface area contributed by atoms with Crippen LogP contribution in [0.15, 0.2) is 76.7 Å². The topological polar surface area (TPSA) is 134 Å². The summed E-state index contributed by atoms with van der Waals surface area (Å²) < 4.78 is 33.6. The zero-order valence-electron chi connectivity index (χ0n) is 21.6. The van der Waals surface area contributed by atoms with E-state index in [4.69, 9.17) is 4.74 Å². The lowest BCUT2D eigenvalue weighted by Crippen LogP contribution is -2.40. The van der Waals surface area contributed by atoms with Crippen LogP contribution in [0.1, 0.15) is 16.7 Å². The van der Waals surface area contributed by atoms with Crippen molar-refractivity contribution < 1.29 is 22.9 Å². The number of nitro benzene ring substituents is 1. The lowest BCUT2D eigenvalue weighted by atomic mass is 10.1. The fourth-order valence-electron chi connectivity index (χ4n) is 4.17. The molecular weight excluding hydrogens is 522 g/mol. The van der Waals surface area contributed by atoms with Crippen LogP contribution >= 0.6 is 0 Å². The molecule has 4 rings (SSSR count). The minimum Gasteiger partial charge on any atom is -0.378 e. The summed E-state index contributed by atoms with van der Waals surface area (Å²) in [4.78, 5) is 25.9. The number of sulfonamides is 1. The van der Waals surface area contributed by atoms with Gasteiger partial charge in [-0.3, -0.25) is 19.2 Å². The first-order chi connectivity index (χ1) is 18.7. The van der Waals surface area contributed by atoms with Crippen molar-refractivity contribution in [3.05, 3.63) is 93.5 Å². The average molecular weight is 552 g/mol. The van der Waals surface area contributed by atoms with Gasteiger partial charge in [0.25, 0.3) is 21.6 Å². The largest absolute Gasteiger partial charge is 0.378 e. The predicted molar refractivity (Wildman–Crippen MR) is 149 cm³/mol. The first kappa shape index (κ1) is 27.7. The van der Waals surface area contributed by atoms with Crippen LogP contribution in [0.25, 0.3) is 0 Å². The van der Waals surface area contributed by atoms with E-state index in [9.17, 15) is 23.3 Å². The molecule has 0 aliphatic carbocycles. The normalized spacial score (nSPS) is 13.8. The van der Waals surface area contributed by atoms with Crippen LogP contribution in [0.5, 0.6) is 0 Å². The number of rotatable bonds is 9. The molecule has 12 heteroatoms. The SMILES string of the molecule is Cc1ccc(S(=O)(=O)N(CC(=O)N/N=C/c2cc([N+](=O)[O-])ccc2N2CCOCC2)c2ccccc2C)cc1. The molecular formula is C27H29N5O6S. The van der Waals surface area contributed by atoms with Crippen LogP contribution in [0.3, 0.4) is 0 Å². The van der Waals surface area contributed by atoms with E-state index in [-0.39, 0.29) is 10.6 Å². The number of hydrogen-bond acceptors (Lipinski definition) is 8. The van der Waals surface area contributed by atoms with E-state index in [1.165, 1.54) is 30.5 Å². The number of non-ortho nitro benzene ring substituents is 1. The Morgan fingerprint density at radius 2 is 1.79 bits per heavy atom. The Hall–Kier alpha value is -4.29. The third-order valence-electron chi connectivity index (χ3n) is 6.25. The molecule has 1 aliphatic heterocycles. The molecule has 39 heavy (non-hydrogen) atoms. The maximum Gasteiger partial charge on any atom is 0.270 e. The maximum absolute atomic E-state index is 13.6. The monoisotopic (exact) mass is 551 g/mol. The lowest BCUT2D eigenvalue weighted by Gasteiger charge is -2.29. The van der Waals surface area contributed by atoms with Crippen LogP contribution < -0.4 is 14.6 Å². The van der Waals surface area contributed by atoms with Crippen molar-refractivity contribution in [2.24, 2.45) is 5.10 Å². The fraction of sp³-hybridized carbons (Fsp3) is 0.259. The number of carbonyl (C=O) groups is 1. The van der Waals surface area contributed by atoms with Gasteiger partial charge in [0.05, 0.1) is 34.9 Å². The summed E-state index contributed by atoms with van der Waals surface area (Å²) in [7, 11) is -4.07. The smallest absolute Gasteiger partial charge is 0.270 e. The number of amides is 1. The number of benzene rings is 3. The van der Waals surface area contributed by atoms with Crippen molar-refractivity contribution in [3.8, 4) is 0 Å². The standard InChI is InChI=1S/C27H29N5O6S/c1-20-7-10-24(11-8-20)39(36,37)31(25-6-4-3-5-21(25)2)19-27(33)29-28-18-22-17-23(32(34)35)9-12-26(22)30-13-15-38-16-14-30/h3-12,17-18H,13-16,19H2,1-2H3,(H,29,33)/b28-18+. The minimum atomic E-state index is -4.07. The number of hydrogen-bond donors (Lipinski definition) is 1. The number of morpholine rings is 1. The highest BCUT2D eigenvalue weighted by Crippen LogP contribution is 2.27. The maximum atomic E-state index is 13.6. The molecule has 1 N–H and O–H groups in total. The van der Waals surface area contributed by atoms with E-state index in [0.29, 0.717) is 48.8 Å². The summed E-state index contributed by atoms with van der Waals surface area (Å²) in [5.74, 6) is -0.677. The predicted octanol–water partition coefficient (Wildman–Crippen LogP) is 3.39. The molecule has 0 aromatic heterocycles. The first-order valence-corrected chi connectivity index (χ1v) is 13.7. The van der Waals surface area contributed by atoms with Gasteiger partial charge in [-0.05, 0) is 43.7 Å². The van der Waals surface area contributed by atoms with Crippen molar-refractivity contribution in [2.75, 3.05) is 42.1 Å². The van der Waals surface area contributed by atoms with E-state index in [0.717, 1.165) is 9.87 Å². The number of aryl methyl sites for hydroxylation is 2. The summed E-state index contributed by atoms with van der Waals surface area (Å²) in [6.45, 7) is 5.35. The Kier molecular flexibility index (Phi) is 8.57. The first-order valence-electron chi connectivity index (χ1n) is 12.2. The Labute approximate surface area is 226 Å². The van der Waals surface area contributed by atoms with Crippen LogP contribution in [-0.2, 0) is 19.6 Å². The number of nitrogens with zero attached hydrogens (tertiary/aromatic N) is 4. The van der Waals surface area contributed by atoms with Gasteiger partial charge in [-0.15, -0.1) is 0 Å². The molecule has 1 amide bonds. The van der Waals surface area contributed by atoms with Crippen molar-refractivity contribution in [2.45, 2.75) is 18.7 Å². The number of carbonyl (C=O) groups excluding carboxylic acids is 1. The molecule has 0 radical (unpaired) electrons. The lowest BCUT2D eigenvalue weighted by molar-refractivity contribution is -0.384. The molecule has 1 heterocycles. The molecule has 1 fully saturated rings. The average Bonchev–Trinajstić information content (AvgIpc) is 2.93. The van der Waals surface area contributed by atoms with E-state index in [1.807, 2.05) is 11.8 Å². The molecule has 204 valence electrons. The van der Waals surface area contributed by atoms with Crippen LogP contribution in [0.2, 0.25) is 0 Å². The third-order valence-corrected chi connectivity index (χ3v) is 8.02. The summed E-state index contributed by atoms with van der Waals surface area (Å²) in [6.07, 6.45) is 1.32. The summed E-state index contributed by atoms with van der Waals surface area (Å²) >= 11 is 0. The number of anilines is 2. The molecule has 1 saturated heterocycles. The zero-order valence-corrected chi connectivity index (χ0v) is 22.4. The molecule has 0 unspecified atom stereocenters. The molecule has 11 nitrogen and oxygen atoms in total. The molecule has 0 saturated carbocycles. The highest BCUT2D eigenvalue weighted by atomic mass is 32.2. The molecule has 3 aromatic carbocycles. The van der Waals surface area contributed by atoms with Gasteiger partial charge in [0.1, 0.15) is 6.54 Å². The van der Waals surface area contributed by atoms with Crippen molar-refractivity contribution in [1.82, 2.24) is 5.43 Å². The fourth-order valence-corrected chi connectivity index (χ4v) is 5.66. The minimum absolute atomic E-state index is 0.0550. The quantitative estimate of drug-likeness (QED) is 0.245. The molecule has 0 spiro atoms. The Bertz CT molecular complexity index is 1480. The summed E-state index contributed by atoms with van der Waals surface area (Å²) in [6, 6.07) is 17.7. The Morgan fingerprint density at radius 1 is 1.10 bits per heavy atom. The van der Waals surface area contributed by atoms with E-state index >= 15 is 0 Å². The Balaban J connectivity index is 1.58. The highest BCUT2D eigenvalue weighted by molar-refractivity contribution is 7.92. The van der Waals surface area contributed by atoms with E-state index in [1.54, 1.807) is 49.4 Å². The summed E-state index contributed by atoms with van der Waals surface area (Å²) in [5.41, 5.74) is 5.36. The van der Waals surface area contributed by atoms with Crippen molar-refractivity contribution in [3.63, 3.8) is 0 Å². The second kappa shape index (κ2) is 12.0. The third kappa shape index (κ3) is 6.59. The number of para-hydroxylation sites is 1. The second-order valence-electron chi connectivity index (χ2n) is 9.00. The van der Waals surface area contributed by atoms with Gasteiger partial charge in [0, 0.05) is 36.5 Å². The molecule has 0 atom stereocenters. The van der Waals surface area contributed by atoms with Gasteiger partial charge in [-0.2, -0.15) is 5.10 Å². The zero-order chi connectivity index (χ0) is 28.0. The van der Waals surface area contributed by atoms with Gasteiger partial charge in [-0.25, -0.2) is 13.8 Å². The second-order valence-corrected chi connectivity index (χ2v) is 10.9. The number of ether oxygens (including phenoxy) is 1. The number of nitro groups is 1. The summed E-state index contributed by atoms with van der Waals surface area (Å²) in [5, 5.41) is 15.3.